The lowest BCUT2D eigenvalue weighted by molar-refractivity contribution is -0.115. The van der Waals surface area contributed by atoms with Crippen LogP contribution in [0.2, 0.25) is 0 Å². The van der Waals surface area contributed by atoms with Crippen LogP contribution in [-0.4, -0.2) is 41.7 Å². The summed E-state index contributed by atoms with van der Waals surface area (Å²) in [6.45, 7) is 4.94. The van der Waals surface area contributed by atoms with Crippen LogP contribution in [0.1, 0.15) is 40.2 Å². The van der Waals surface area contributed by atoms with Crippen molar-refractivity contribution >= 4 is 46.0 Å². The molecule has 1 aromatic heterocycles. The van der Waals surface area contributed by atoms with Gasteiger partial charge in [0.2, 0.25) is 5.91 Å². The first-order valence-corrected chi connectivity index (χ1v) is 11.6. The van der Waals surface area contributed by atoms with Crippen LogP contribution in [0.25, 0.3) is 0 Å². The van der Waals surface area contributed by atoms with E-state index in [-0.39, 0.29) is 18.4 Å². The van der Waals surface area contributed by atoms with E-state index in [0.717, 1.165) is 26.7 Å². The number of thioether (sulfide) groups is 1. The van der Waals surface area contributed by atoms with E-state index in [1.807, 2.05) is 24.3 Å². The summed E-state index contributed by atoms with van der Waals surface area (Å²) < 4.78 is 5.06. The number of hydrogen-bond acceptors (Lipinski definition) is 6. The Morgan fingerprint density at radius 1 is 1.23 bits per heavy atom. The molecule has 0 aliphatic carbocycles. The number of amides is 3. The Morgan fingerprint density at radius 2 is 1.97 bits per heavy atom. The molecule has 0 atom stereocenters. The number of nitrogens with zero attached hydrogens (tertiary/aromatic N) is 1. The van der Waals surface area contributed by atoms with Gasteiger partial charge in [-0.2, -0.15) is 0 Å². The third-order valence-corrected chi connectivity index (χ3v) is 6.71. The minimum absolute atomic E-state index is 0.201. The summed E-state index contributed by atoms with van der Waals surface area (Å²) in [6, 6.07) is 7.87. The zero-order chi connectivity index (χ0) is 21.7. The fraction of sp³-hybridized carbons (Fsp3) is 0.381. The number of fused-ring (bicyclic) bond motifs is 1. The number of carbonyl (C=O) groups is 3. The first-order chi connectivity index (χ1) is 14.4. The number of thiophene rings is 1. The monoisotopic (exact) mass is 447 g/mol. The lowest BCUT2D eigenvalue weighted by atomic mass is 10.0. The summed E-state index contributed by atoms with van der Waals surface area (Å²) in [5, 5.41) is 3.29. The number of nitrogens with one attached hydrogen (secondary N) is 1. The number of rotatable bonds is 7. The van der Waals surface area contributed by atoms with Crippen molar-refractivity contribution in [3.63, 3.8) is 0 Å². The Hall–Kier alpha value is -2.52. The number of nitrogens with two attached hydrogens (primary N) is 1. The van der Waals surface area contributed by atoms with E-state index in [1.165, 1.54) is 11.3 Å². The standard InChI is InChI=1S/C21H25N3O4S2/c1-3-28-21(27)24-10-9-15-16(12-24)30-20(18(15)19(22)26)23-17(25)11-13-5-7-14(8-6-13)29-4-2/h5-8H,3-4,9-12H2,1-2H3,(H2,22,26)(H,23,25). The molecule has 0 bridgehead atoms. The molecular weight excluding hydrogens is 422 g/mol. The second-order valence-corrected chi connectivity index (χ2v) is 9.19. The summed E-state index contributed by atoms with van der Waals surface area (Å²) in [4.78, 5) is 40.3. The number of anilines is 1. The van der Waals surface area contributed by atoms with Crippen LogP contribution >= 0.6 is 23.1 Å². The normalized spacial score (nSPS) is 12.9. The van der Waals surface area contributed by atoms with E-state index in [1.54, 1.807) is 23.6 Å². The van der Waals surface area contributed by atoms with Crippen molar-refractivity contribution in [2.45, 2.75) is 38.1 Å². The Morgan fingerprint density at radius 3 is 2.60 bits per heavy atom. The average molecular weight is 448 g/mol. The number of carbonyl (C=O) groups excluding carboxylic acids is 3. The highest BCUT2D eigenvalue weighted by atomic mass is 32.2. The van der Waals surface area contributed by atoms with Gasteiger partial charge in [0.1, 0.15) is 5.00 Å². The van der Waals surface area contributed by atoms with Gasteiger partial charge in [0.05, 0.1) is 25.1 Å². The van der Waals surface area contributed by atoms with Crippen molar-refractivity contribution in [2.75, 3.05) is 24.2 Å². The number of hydrogen-bond donors (Lipinski definition) is 2. The SMILES string of the molecule is CCOC(=O)N1CCc2c(sc(NC(=O)Cc3ccc(SCC)cc3)c2C(N)=O)C1. The molecule has 3 amide bonds. The highest BCUT2D eigenvalue weighted by Gasteiger charge is 2.30. The third kappa shape index (κ3) is 5.14. The first kappa shape index (κ1) is 22.2. The molecule has 0 fully saturated rings. The predicted octanol–water partition coefficient (Wildman–Crippen LogP) is 3.65. The second-order valence-electron chi connectivity index (χ2n) is 6.74. The van der Waals surface area contributed by atoms with Crippen LogP contribution in [0, 0.1) is 0 Å². The van der Waals surface area contributed by atoms with Crippen LogP contribution < -0.4 is 11.1 Å². The molecule has 3 N–H and O–H groups in total. The molecule has 7 nitrogen and oxygen atoms in total. The van der Waals surface area contributed by atoms with Crippen LogP contribution in [0.15, 0.2) is 29.2 Å². The first-order valence-electron chi connectivity index (χ1n) is 9.80. The molecule has 30 heavy (non-hydrogen) atoms. The van der Waals surface area contributed by atoms with Crippen LogP contribution in [0.4, 0.5) is 9.80 Å². The lowest BCUT2D eigenvalue weighted by Crippen LogP contribution is -2.36. The Bertz CT molecular complexity index is 940. The zero-order valence-electron chi connectivity index (χ0n) is 17.0. The van der Waals surface area contributed by atoms with Crippen molar-refractivity contribution in [1.82, 2.24) is 4.90 Å². The van der Waals surface area contributed by atoms with Gasteiger partial charge in [-0.1, -0.05) is 19.1 Å². The van der Waals surface area contributed by atoms with Gasteiger partial charge in [-0.3, -0.25) is 9.59 Å². The fourth-order valence-corrected chi connectivity index (χ4v) is 5.30. The van der Waals surface area contributed by atoms with Crippen LogP contribution in [0.3, 0.4) is 0 Å². The fourth-order valence-electron chi connectivity index (χ4n) is 3.35. The van der Waals surface area contributed by atoms with Gasteiger partial charge in [-0.05, 0) is 42.4 Å². The van der Waals surface area contributed by atoms with Gasteiger partial charge in [-0.15, -0.1) is 23.1 Å². The molecule has 0 saturated heterocycles. The van der Waals surface area contributed by atoms with Crippen molar-refractivity contribution in [2.24, 2.45) is 5.73 Å². The Balaban J connectivity index is 1.73. The largest absolute Gasteiger partial charge is 0.450 e. The van der Waals surface area contributed by atoms with Gasteiger partial charge < -0.3 is 20.7 Å². The molecule has 0 unspecified atom stereocenters. The van der Waals surface area contributed by atoms with Crippen LogP contribution in [0.5, 0.6) is 0 Å². The number of ether oxygens (including phenoxy) is 1. The average Bonchev–Trinajstić information content (AvgIpc) is 3.06. The maximum Gasteiger partial charge on any atom is 0.410 e. The maximum atomic E-state index is 12.6. The van der Waals surface area contributed by atoms with Crippen LogP contribution in [-0.2, 0) is 28.9 Å². The lowest BCUT2D eigenvalue weighted by Gasteiger charge is -2.26. The van der Waals surface area contributed by atoms with E-state index >= 15 is 0 Å². The summed E-state index contributed by atoms with van der Waals surface area (Å²) in [5.41, 5.74) is 7.66. The van der Waals surface area contributed by atoms with E-state index in [2.05, 4.69) is 12.2 Å². The van der Waals surface area contributed by atoms with E-state index in [0.29, 0.717) is 36.7 Å². The summed E-state index contributed by atoms with van der Waals surface area (Å²) >= 11 is 3.04. The number of primary amides is 1. The molecule has 0 spiro atoms. The number of benzene rings is 1. The maximum absolute atomic E-state index is 12.6. The van der Waals surface area contributed by atoms with E-state index in [4.69, 9.17) is 10.5 Å². The van der Waals surface area contributed by atoms with Crippen molar-refractivity contribution in [3.05, 3.63) is 45.8 Å². The molecule has 0 saturated carbocycles. The minimum Gasteiger partial charge on any atom is -0.450 e. The van der Waals surface area contributed by atoms with Gasteiger partial charge in [0.15, 0.2) is 0 Å². The molecular formula is C21H25N3O4S2. The Labute approximate surface area is 184 Å². The summed E-state index contributed by atoms with van der Waals surface area (Å²) in [7, 11) is 0. The zero-order valence-corrected chi connectivity index (χ0v) is 18.7. The summed E-state index contributed by atoms with van der Waals surface area (Å²) in [6.07, 6.45) is 0.315. The second kappa shape index (κ2) is 9.99. The van der Waals surface area contributed by atoms with Crippen molar-refractivity contribution in [3.8, 4) is 0 Å². The highest BCUT2D eigenvalue weighted by Crippen LogP contribution is 2.37. The summed E-state index contributed by atoms with van der Waals surface area (Å²) in [5.74, 6) is 0.203. The van der Waals surface area contributed by atoms with Gasteiger partial charge in [0.25, 0.3) is 5.91 Å². The Kier molecular flexibility index (Phi) is 7.38. The van der Waals surface area contributed by atoms with E-state index < -0.39 is 5.91 Å². The molecule has 3 rings (SSSR count). The smallest absolute Gasteiger partial charge is 0.410 e. The predicted molar refractivity (Wildman–Crippen MR) is 119 cm³/mol. The topological polar surface area (TPSA) is 102 Å². The minimum atomic E-state index is -0.576. The van der Waals surface area contributed by atoms with Crippen molar-refractivity contribution in [1.29, 1.82) is 0 Å². The third-order valence-electron chi connectivity index (χ3n) is 4.68. The van der Waals surface area contributed by atoms with Gasteiger partial charge >= 0.3 is 6.09 Å². The quantitative estimate of drug-likeness (QED) is 0.631. The van der Waals surface area contributed by atoms with Crippen molar-refractivity contribution < 1.29 is 19.1 Å². The van der Waals surface area contributed by atoms with Gasteiger partial charge in [0, 0.05) is 16.3 Å². The highest BCUT2D eigenvalue weighted by molar-refractivity contribution is 7.99. The molecule has 1 aliphatic heterocycles. The molecule has 2 heterocycles. The van der Waals surface area contributed by atoms with Gasteiger partial charge in [-0.25, -0.2) is 4.79 Å². The molecule has 9 heteroatoms. The molecule has 1 aromatic carbocycles. The molecule has 160 valence electrons. The molecule has 0 radical (unpaired) electrons. The molecule has 2 aromatic rings. The molecule has 1 aliphatic rings. The van der Waals surface area contributed by atoms with E-state index in [9.17, 15) is 14.4 Å².